The van der Waals surface area contributed by atoms with Gasteiger partial charge in [0.15, 0.2) is 5.12 Å². The monoisotopic (exact) mass is 465 g/mol. The molecule has 4 N–H and O–H groups in total. The number of halogens is 1. The summed E-state index contributed by atoms with van der Waals surface area (Å²) in [4.78, 5) is 42.4. The van der Waals surface area contributed by atoms with Crippen LogP contribution in [0, 0.1) is 0 Å². The SMILES string of the molecule is CC(=O)NCCS.COC(=O)CCC(=O)SCCNC(C)=O.Cl.NCCS. The molecule has 8 nitrogen and oxygen atoms in total. The number of carbonyl (C=O) groups excluding carboxylic acids is 4. The average molecular weight is 466 g/mol. The van der Waals surface area contributed by atoms with E-state index in [0.717, 1.165) is 17.5 Å². The van der Waals surface area contributed by atoms with Crippen molar-refractivity contribution in [3.8, 4) is 0 Å². The van der Waals surface area contributed by atoms with Crippen molar-refractivity contribution in [2.75, 3.05) is 44.0 Å². The molecule has 0 rings (SSSR count). The zero-order chi connectivity index (χ0) is 20.8. The molecule has 0 radical (unpaired) electrons. The van der Waals surface area contributed by atoms with E-state index in [1.54, 1.807) is 0 Å². The predicted molar refractivity (Wildman–Crippen MR) is 120 cm³/mol. The highest BCUT2D eigenvalue weighted by atomic mass is 35.5. The molecule has 0 aliphatic heterocycles. The van der Waals surface area contributed by atoms with Crippen molar-refractivity contribution in [1.29, 1.82) is 0 Å². The molecule has 0 aromatic carbocycles. The lowest BCUT2D eigenvalue weighted by atomic mass is 10.3. The molecule has 0 unspecified atom stereocenters. The third-order valence-corrected chi connectivity index (χ3v) is 3.53. The van der Waals surface area contributed by atoms with Crippen LogP contribution in [0.4, 0.5) is 0 Å². The third-order valence-electron chi connectivity index (χ3n) is 2.11. The molecule has 0 aliphatic rings. The molecular formula is C15H32ClN3O5S3. The summed E-state index contributed by atoms with van der Waals surface area (Å²) in [5.41, 5.74) is 4.95. The largest absolute Gasteiger partial charge is 0.469 e. The first-order valence-electron chi connectivity index (χ1n) is 7.88. The number of nitrogens with one attached hydrogen (secondary N) is 2. The first-order chi connectivity index (χ1) is 12.2. The van der Waals surface area contributed by atoms with E-state index in [-0.39, 0.29) is 48.1 Å². The van der Waals surface area contributed by atoms with Gasteiger partial charge in [-0.1, -0.05) is 11.8 Å². The molecule has 0 heterocycles. The van der Waals surface area contributed by atoms with Gasteiger partial charge in [-0.25, -0.2) is 0 Å². The van der Waals surface area contributed by atoms with E-state index in [1.165, 1.54) is 21.0 Å². The Morgan fingerprint density at radius 1 is 0.963 bits per heavy atom. The lowest BCUT2D eigenvalue weighted by Crippen LogP contribution is -2.22. The standard InChI is InChI=1S/C9H15NO4S.C4H9NOS.C2H7NS.ClH/c1-7(11)10-5-6-15-9(13)4-3-8(12)14-2;1-4(6)5-2-3-7;3-1-2-4;/h3-6H2,1-2H3,(H,10,11);7H,2-3H2,1H3,(H,5,6);4H,1-3H2;1H. The van der Waals surface area contributed by atoms with Crippen LogP contribution in [0.5, 0.6) is 0 Å². The summed E-state index contributed by atoms with van der Waals surface area (Å²) < 4.78 is 4.40. The summed E-state index contributed by atoms with van der Waals surface area (Å²) in [6, 6.07) is 0. The third kappa shape index (κ3) is 41.1. The van der Waals surface area contributed by atoms with E-state index in [2.05, 4.69) is 40.6 Å². The van der Waals surface area contributed by atoms with Gasteiger partial charge in [-0.15, -0.1) is 12.4 Å². The van der Waals surface area contributed by atoms with Gasteiger partial charge in [-0.2, -0.15) is 25.3 Å². The average Bonchev–Trinajstić information content (AvgIpc) is 2.61. The number of thiol groups is 2. The van der Waals surface area contributed by atoms with E-state index in [0.29, 0.717) is 31.1 Å². The van der Waals surface area contributed by atoms with Crippen LogP contribution in [0.2, 0.25) is 0 Å². The fraction of sp³-hybridized carbons (Fsp3) is 0.733. The molecule has 27 heavy (non-hydrogen) atoms. The first kappa shape index (κ1) is 33.9. The van der Waals surface area contributed by atoms with Gasteiger partial charge in [0.25, 0.3) is 0 Å². The fourth-order valence-corrected chi connectivity index (χ4v) is 1.79. The molecule has 0 aromatic heterocycles. The minimum absolute atomic E-state index is 0. The molecular weight excluding hydrogens is 434 g/mol. The Labute approximate surface area is 183 Å². The van der Waals surface area contributed by atoms with Crippen molar-refractivity contribution < 1.29 is 23.9 Å². The number of hydrogen-bond donors (Lipinski definition) is 5. The molecule has 0 saturated carbocycles. The predicted octanol–water partition coefficient (Wildman–Crippen LogP) is 0.685. The minimum atomic E-state index is -0.384. The van der Waals surface area contributed by atoms with Gasteiger partial charge in [0.1, 0.15) is 0 Å². The molecule has 0 spiro atoms. The summed E-state index contributed by atoms with van der Waals surface area (Å²) in [5.74, 6) is 1.54. The lowest BCUT2D eigenvalue weighted by molar-refractivity contribution is -0.141. The number of rotatable bonds is 9. The maximum Gasteiger partial charge on any atom is 0.305 e. The molecule has 12 heteroatoms. The summed E-state index contributed by atoms with van der Waals surface area (Å²) in [7, 11) is 1.29. The highest BCUT2D eigenvalue weighted by Gasteiger charge is 2.07. The second kappa shape index (κ2) is 27.6. The number of methoxy groups -OCH3 is 1. The Kier molecular flexibility index (Phi) is 34.7. The van der Waals surface area contributed by atoms with Crippen molar-refractivity contribution in [1.82, 2.24) is 10.6 Å². The van der Waals surface area contributed by atoms with Gasteiger partial charge >= 0.3 is 5.97 Å². The molecule has 162 valence electrons. The highest BCUT2D eigenvalue weighted by Crippen LogP contribution is 2.06. The van der Waals surface area contributed by atoms with Gasteiger partial charge < -0.3 is 21.1 Å². The molecule has 2 amide bonds. The molecule has 0 saturated heterocycles. The molecule has 0 aliphatic carbocycles. The Bertz CT molecular complexity index is 403. The van der Waals surface area contributed by atoms with Gasteiger partial charge in [-0.05, 0) is 0 Å². The summed E-state index contributed by atoms with van der Waals surface area (Å²) >= 11 is 8.79. The van der Waals surface area contributed by atoms with Crippen LogP contribution in [0.1, 0.15) is 26.7 Å². The maximum absolute atomic E-state index is 11.2. The number of nitrogens with two attached hydrogens (primary N) is 1. The van der Waals surface area contributed by atoms with Crippen molar-refractivity contribution in [3.05, 3.63) is 0 Å². The number of amides is 2. The summed E-state index contributed by atoms with van der Waals surface area (Å²) in [6.45, 7) is 4.72. The Morgan fingerprint density at radius 2 is 1.44 bits per heavy atom. The van der Waals surface area contributed by atoms with E-state index >= 15 is 0 Å². The van der Waals surface area contributed by atoms with Crippen LogP contribution in [0.15, 0.2) is 0 Å². The highest BCUT2D eigenvalue weighted by molar-refractivity contribution is 8.13. The Hall–Kier alpha value is -0.620. The topological polar surface area (TPSA) is 128 Å². The summed E-state index contributed by atoms with van der Waals surface area (Å²) in [6.07, 6.45) is 0.292. The fourth-order valence-electron chi connectivity index (χ4n) is 1.00. The number of carbonyl (C=O) groups is 4. The van der Waals surface area contributed by atoms with Crippen molar-refractivity contribution in [3.63, 3.8) is 0 Å². The Balaban J connectivity index is -0.000000184. The second-order valence-corrected chi connectivity index (χ2v) is 6.55. The molecule has 0 fully saturated rings. The molecule has 0 atom stereocenters. The second-order valence-electron chi connectivity index (χ2n) is 4.50. The van der Waals surface area contributed by atoms with Crippen molar-refractivity contribution in [2.24, 2.45) is 5.73 Å². The number of hydrogen-bond acceptors (Lipinski definition) is 9. The van der Waals surface area contributed by atoms with E-state index < -0.39 is 0 Å². The van der Waals surface area contributed by atoms with Gasteiger partial charge in [0.05, 0.1) is 13.5 Å². The van der Waals surface area contributed by atoms with Crippen LogP contribution in [0.3, 0.4) is 0 Å². The zero-order valence-corrected chi connectivity index (χ0v) is 19.4. The number of thioether (sulfide) groups is 1. The maximum atomic E-state index is 11.2. The number of esters is 1. The Morgan fingerprint density at radius 3 is 1.78 bits per heavy atom. The first-order valence-corrected chi connectivity index (χ1v) is 10.1. The quantitative estimate of drug-likeness (QED) is 0.192. The molecule has 0 aromatic rings. The normalized spacial score (nSPS) is 8.52. The van der Waals surface area contributed by atoms with Crippen LogP contribution in [-0.2, 0) is 23.9 Å². The van der Waals surface area contributed by atoms with Crippen LogP contribution in [0.25, 0.3) is 0 Å². The van der Waals surface area contributed by atoms with Gasteiger partial charge in [0, 0.05) is 57.2 Å². The van der Waals surface area contributed by atoms with E-state index in [1.807, 2.05) is 0 Å². The van der Waals surface area contributed by atoms with Gasteiger partial charge in [-0.3, -0.25) is 19.2 Å². The van der Waals surface area contributed by atoms with E-state index in [9.17, 15) is 19.2 Å². The lowest BCUT2D eigenvalue weighted by Gasteiger charge is -2.01. The van der Waals surface area contributed by atoms with Crippen LogP contribution in [-0.4, -0.2) is 66.9 Å². The smallest absolute Gasteiger partial charge is 0.305 e. The molecule has 0 bridgehead atoms. The van der Waals surface area contributed by atoms with Crippen LogP contribution < -0.4 is 16.4 Å². The van der Waals surface area contributed by atoms with E-state index in [4.69, 9.17) is 5.73 Å². The van der Waals surface area contributed by atoms with Crippen molar-refractivity contribution in [2.45, 2.75) is 26.7 Å². The number of ether oxygens (including phenoxy) is 1. The zero-order valence-electron chi connectivity index (χ0n) is 16.0. The van der Waals surface area contributed by atoms with Crippen molar-refractivity contribution >= 4 is 72.3 Å². The van der Waals surface area contributed by atoms with Gasteiger partial charge in [0.2, 0.25) is 11.8 Å². The summed E-state index contributed by atoms with van der Waals surface area (Å²) in [5, 5.41) is 5.09. The minimum Gasteiger partial charge on any atom is -0.469 e. The van der Waals surface area contributed by atoms with Crippen LogP contribution >= 0.6 is 49.4 Å².